The van der Waals surface area contributed by atoms with Crippen molar-refractivity contribution in [1.29, 1.82) is 0 Å². The molecular formula is C19H24O5. The van der Waals surface area contributed by atoms with Gasteiger partial charge in [0.2, 0.25) is 0 Å². The molecule has 0 spiro atoms. The molecule has 1 aromatic rings. The van der Waals surface area contributed by atoms with Crippen LogP contribution in [-0.2, 0) is 24.5 Å². The van der Waals surface area contributed by atoms with Gasteiger partial charge in [-0.25, -0.2) is 0 Å². The molecule has 0 fully saturated rings. The molecule has 0 saturated carbocycles. The first-order valence-electron chi connectivity index (χ1n) is 7.84. The molecule has 0 heterocycles. The van der Waals surface area contributed by atoms with E-state index in [1.54, 1.807) is 19.9 Å². The SMILES string of the molecule is COCOc1c(C)cccc1C1(C(=O)OC)CC=CC(C)(C)C1=O. The maximum Gasteiger partial charge on any atom is 0.324 e. The number of ketones is 1. The van der Waals surface area contributed by atoms with Crippen molar-refractivity contribution in [3.05, 3.63) is 41.5 Å². The van der Waals surface area contributed by atoms with Gasteiger partial charge in [-0.1, -0.05) is 30.4 Å². The summed E-state index contributed by atoms with van der Waals surface area (Å²) in [6.07, 6.45) is 3.94. The Hall–Kier alpha value is -2.14. The Morgan fingerprint density at radius 1 is 1.25 bits per heavy atom. The third kappa shape index (κ3) is 2.84. The van der Waals surface area contributed by atoms with E-state index in [1.165, 1.54) is 14.2 Å². The number of Topliss-reactive ketones (excluding diaryl/α,β-unsaturated/α-hetero) is 1. The summed E-state index contributed by atoms with van der Waals surface area (Å²) in [6.45, 7) is 5.50. The largest absolute Gasteiger partial charge is 0.468 e. The quantitative estimate of drug-likeness (QED) is 0.359. The van der Waals surface area contributed by atoms with Gasteiger partial charge >= 0.3 is 5.97 Å². The van der Waals surface area contributed by atoms with Crippen molar-refractivity contribution >= 4 is 11.8 Å². The molecule has 1 aliphatic rings. The van der Waals surface area contributed by atoms with E-state index in [4.69, 9.17) is 14.2 Å². The molecule has 0 aromatic heterocycles. The summed E-state index contributed by atoms with van der Waals surface area (Å²) in [7, 11) is 2.82. The minimum Gasteiger partial charge on any atom is -0.468 e. The second-order valence-electron chi connectivity index (χ2n) is 6.56. The minimum absolute atomic E-state index is 0.0303. The third-order valence-corrected chi connectivity index (χ3v) is 4.46. The molecule has 5 nitrogen and oxygen atoms in total. The van der Waals surface area contributed by atoms with E-state index >= 15 is 0 Å². The molecule has 24 heavy (non-hydrogen) atoms. The predicted octanol–water partition coefficient (Wildman–Crippen LogP) is 2.94. The van der Waals surface area contributed by atoms with E-state index in [0.717, 1.165) is 5.56 Å². The zero-order chi connectivity index (χ0) is 18.0. The highest BCUT2D eigenvalue weighted by atomic mass is 16.7. The number of esters is 1. The number of ether oxygens (including phenoxy) is 3. The summed E-state index contributed by atoms with van der Waals surface area (Å²) < 4.78 is 15.7. The molecular weight excluding hydrogens is 308 g/mol. The van der Waals surface area contributed by atoms with Crippen molar-refractivity contribution in [2.75, 3.05) is 21.0 Å². The van der Waals surface area contributed by atoms with Crippen molar-refractivity contribution in [2.45, 2.75) is 32.6 Å². The topological polar surface area (TPSA) is 61.8 Å². The Labute approximate surface area is 142 Å². The first kappa shape index (κ1) is 18.2. The Bertz CT molecular complexity index is 674. The van der Waals surface area contributed by atoms with Crippen LogP contribution in [0.25, 0.3) is 0 Å². The molecule has 1 atom stereocenters. The summed E-state index contributed by atoms with van der Waals surface area (Å²) in [6, 6.07) is 5.43. The van der Waals surface area contributed by atoms with Crippen molar-refractivity contribution in [2.24, 2.45) is 5.41 Å². The average Bonchev–Trinajstić information content (AvgIpc) is 2.55. The van der Waals surface area contributed by atoms with E-state index in [2.05, 4.69) is 0 Å². The van der Waals surface area contributed by atoms with E-state index in [0.29, 0.717) is 11.3 Å². The minimum atomic E-state index is -1.41. The van der Waals surface area contributed by atoms with Gasteiger partial charge in [0, 0.05) is 18.1 Å². The lowest BCUT2D eigenvalue weighted by atomic mass is 9.62. The number of para-hydroxylation sites is 1. The van der Waals surface area contributed by atoms with Crippen LogP contribution in [0.1, 0.15) is 31.4 Å². The van der Waals surface area contributed by atoms with Crippen LogP contribution >= 0.6 is 0 Å². The highest BCUT2D eigenvalue weighted by Gasteiger charge is 2.55. The van der Waals surface area contributed by atoms with Gasteiger partial charge in [0.05, 0.1) is 7.11 Å². The summed E-state index contributed by atoms with van der Waals surface area (Å²) in [5.74, 6) is -0.279. The molecule has 130 valence electrons. The lowest BCUT2D eigenvalue weighted by Crippen LogP contribution is -2.51. The molecule has 0 aliphatic heterocycles. The van der Waals surface area contributed by atoms with Crippen LogP contribution in [0.3, 0.4) is 0 Å². The van der Waals surface area contributed by atoms with Crippen molar-refractivity contribution in [3.8, 4) is 5.75 Å². The normalized spacial score (nSPS) is 22.3. The third-order valence-electron chi connectivity index (χ3n) is 4.46. The number of aryl methyl sites for hydroxylation is 1. The fourth-order valence-electron chi connectivity index (χ4n) is 3.24. The highest BCUT2D eigenvalue weighted by molar-refractivity contribution is 6.13. The standard InChI is InChI=1S/C19H24O5/c1-13-8-6-9-14(15(13)24-12-22-4)19(17(21)23-5)11-7-10-18(2,3)16(19)20/h6-10H,11-12H2,1-5H3. The Morgan fingerprint density at radius 3 is 2.58 bits per heavy atom. The number of carbonyl (C=O) groups is 2. The monoisotopic (exact) mass is 332 g/mol. The van der Waals surface area contributed by atoms with Crippen LogP contribution in [0, 0.1) is 12.3 Å². The number of benzene rings is 1. The smallest absolute Gasteiger partial charge is 0.324 e. The van der Waals surface area contributed by atoms with Gasteiger partial charge in [0.25, 0.3) is 0 Å². The van der Waals surface area contributed by atoms with Gasteiger partial charge in [0.1, 0.15) is 5.75 Å². The second kappa shape index (κ2) is 6.77. The lowest BCUT2D eigenvalue weighted by Gasteiger charge is -2.39. The molecule has 1 unspecified atom stereocenters. The van der Waals surface area contributed by atoms with Gasteiger partial charge in [-0.2, -0.15) is 0 Å². The van der Waals surface area contributed by atoms with Gasteiger partial charge < -0.3 is 14.2 Å². The fourth-order valence-corrected chi connectivity index (χ4v) is 3.24. The Balaban J connectivity index is 2.72. The number of carbonyl (C=O) groups excluding carboxylic acids is 2. The van der Waals surface area contributed by atoms with E-state index < -0.39 is 16.8 Å². The molecule has 0 N–H and O–H groups in total. The second-order valence-corrected chi connectivity index (χ2v) is 6.56. The van der Waals surface area contributed by atoms with E-state index in [-0.39, 0.29) is 19.0 Å². The zero-order valence-electron chi connectivity index (χ0n) is 14.8. The zero-order valence-corrected chi connectivity index (χ0v) is 14.8. The highest BCUT2D eigenvalue weighted by Crippen LogP contribution is 2.46. The molecule has 0 amide bonds. The molecule has 0 bridgehead atoms. The van der Waals surface area contributed by atoms with Crippen molar-refractivity contribution in [1.82, 2.24) is 0 Å². The van der Waals surface area contributed by atoms with Crippen LogP contribution in [0.4, 0.5) is 0 Å². The van der Waals surface area contributed by atoms with Crippen molar-refractivity contribution < 1.29 is 23.8 Å². The molecule has 1 aromatic carbocycles. The van der Waals surface area contributed by atoms with Gasteiger partial charge in [0.15, 0.2) is 18.0 Å². The fraction of sp³-hybridized carbons (Fsp3) is 0.474. The Morgan fingerprint density at radius 2 is 1.96 bits per heavy atom. The van der Waals surface area contributed by atoms with Crippen LogP contribution in [0.15, 0.2) is 30.4 Å². The number of hydrogen-bond acceptors (Lipinski definition) is 5. The van der Waals surface area contributed by atoms with Gasteiger partial charge in [-0.3, -0.25) is 9.59 Å². The van der Waals surface area contributed by atoms with Crippen LogP contribution in [-0.4, -0.2) is 32.8 Å². The summed E-state index contributed by atoms with van der Waals surface area (Å²) in [5, 5.41) is 0. The molecule has 5 heteroatoms. The number of methoxy groups -OCH3 is 2. The van der Waals surface area contributed by atoms with Gasteiger partial charge in [-0.15, -0.1) is 0 Å². The maximum absolute atomic E-state index is 13.3. The van der Waals surface area contributed by atoms with E-state index in [1.807, 2.05) is 31.2 Å². The summed E-state index contributed by atoms with van der Waals surface area (Å²) >= 11 is 0. The van der Waals surface area contributed by atoms with E-state index in [9.17, 15) is 9.59 Å². The van der Waals surface area contributed by atoms with Crippen LogP contribution in [0.5, 0.6) is 5.75 Å². The molecule has 2 rings (SSSR count). The van der Waals surface area contributed by atoms with Crippen LogP contribution in [0.2, 0.25) is 0 Å². The average molecular weight is 332 g/mol. The Kier molecular flexibility index (Phi) is 5.13. The summed E-state index contributed by atoms with van der Waals surface area (Å²) in [4.78, 5) is 26.0. The summed E-state index contributed by atoms with van der Waals surface area (Å²) in [5.41, 5.74) is -0.835. The lowest BCUT2D eigenvalue weighted by molar-refractivity contribution is -0.154. The first-order valence-corrected chi connectivity index (χ1v) is 7.84. The number of hydrogen-bond donors (Lipinski definition) is 0. The number of rotatable bonds is 5. The molecule has 0 saturated heterocycles. The van der Waals surface area contributed by atoms with Crippen molar-refractivity contribution in [3.63, 3.8) is 0 Å². The number of allylic oxidation sites excluding steroid dienone is 2. The maximum atomic E-state index is 13.3. The predicted molar refractivity (Wildman–Crippen MR) is 89.9 cm³/mol. The first-order chi connectivity index (χ1) is 11.3. The van der Waals surface area contributed by atoms with Gasteiger partial charge in [-0.05, 0) is 32.8 Å². The molecule has 1 aliphatic carbocycles. The molecule has 0 radical (unpaired) electrons. The van der Waals surface area contributed by atoms with Crippen LogP contribution < -0.4 is 4.74 Å².